The third-order valence-corrected chi connectivity index (χ3v) is 8.17. The zero-order valence-electron chi connectivity index (χ0n) is 17.5. The fourth-order valence-electron chi connectivity index (χ4n) is 4.44. The molecule has 1 aromatic carbocycles. The van der Waals surface area contributed by atoms with E-state index in [2.05, 4.69) is 18.7 Å². The molecule has 1 amide bonds. The van der Waals surface area contributed by atoms with Crippen molar-refractivity contribution in [3.8, 4) is 0 Å². The van der Waals surface area contributed by atoms with E-state index in [1.807, 2.05) is 30.9 Å². The number of aryl methyl sites for hydroxylation is 2. The van der Waals surface area contributed by atoms with Crippen molar-refractivity contribution in [3.05, 3.63) is 29.3 Å². The van der Waals surface area contributed by atoms with E-state index in [9.17, 15) is 13.2 Å². The lowest BCUT2D eigenvalue weighted by Gasteiger charge is -2.41. The van der Waals surface area contributed by atoms with E-state index in [0.29, 0.717) is 49.7 Å². The van der Waals surface area contributed by atoms with E-state index in [1.54, 1.807) is 10.4 Å². The van der Waals surface area contributed by atoms with Gasteiger partial charge in [-0.05, 0) is 64.2 Å². The zero-order chi connectivity index (χ0) is 20.5. The molecule has 0 radical (unpaired) electrons. The van der Waals surface area contributed by atoms with Crippen molar-refractivity contribution < 1.29 is 13.2 Å². The molecule has 0 aliphatic carbocycles. The first kappa shape index (κ1) is 21.3. The summed E-state index contributed by atoms with van der Waals surface area (Å²) in [5, 5.41) is 0. The number of carbonyl (C=O) groups excluding carboxylic acids is 1. The van der Waals surface area contributed by atoms with Gasteiger partial charge in [-0.25, -0.2) is 8.42 Å². The molecule has 28 heavy (non-hydrogen) atoms. The first-order chi connectivity index (χ1) is 13.2. The predicted octanol–water partition coefficient (Wildman–Crippen LogP) is 2.40. The quantitative estimate of drug-likeness (QED) is 0.769. The van der Waals surface area contributed by atoms with Gasteiger partial charge in [0.1, 0.15) is 0 Å². The Morgan fingerprint density at radius 2 is 1.64 bits per heavy atom. The number of likely N-dealkylation sites (tertiary alicyclic amines) is 1. The summed E-state index contributed by atoms with van der Waals surface area (Å²) in [4.78, 5) is 17.3. The average Bonchev–Trinajstić information content (AvgIpc) is 2.64. The molecule has 2 aliphatic heterocycles. The van der Waals surface area contributed by atoms with Gasteiger partial charge in [0.15, 0.2) is 0 Å². The van der Waals surface area contributed by atoms with Crippen LogP contribution in [-0.4, -0.2) is 73.2 Å². The van der Waals surface area contributed by atoms with Crippen LogP contribution in [0.2, 0.25) is 0 Å². The maximum absolute atomic E-state index is 13.1. The minimum atomic E-state index is -3.49. The van der Waals surface area contributed by atoms with E-state index in [1.165, 1.54) is 6.42 Å². The van der Waals surface area contributed by atoms with Crippen LogP contribution in [0, 0.1) is 13.8 Å². The summed E-state index contributed by atoms with van der Waals surface area (Å²) in [5.74, 6) is 0.172. The molecule has 0 spiro atoms. The monoisotopic (exact) mass is 407 g/mol. The molecule has 0 bridgehead atoms. The Labute approximate surface area is 169 Å². The SMILES string of the molecule is Cc1ccc(C)c(S(=O)(=O)N2CCN(CC(=O)N3[C@H](C)CCC[C@H]3C)CC2)c1. The maximum Gasteiger partial charge on any atom is 0.243 e. The number of sulfonamides is 1. The molecule has 0 N–H and O–H groups in total. The molecule has 2 saturated heterocycles. The zero-order valence-corrected chi connectivity index (χ0v) is 18.3. The summed E-state index contributed by atoms with van der Waals surface area (Å²) >= 11 is 0. The lowest BCUT2D eigenvalue weighted by atomic mass is 9.97. The van der Waals surface area contributed by atoms with Gasteiger partial charge in [-0.1, -0.05) is 12.1 Å². The molecule has 2 atom stereocenters. The molecule has 3 rings (SSSR count). The van der Waals surface area contributed by atoms with Crippen molar-refractivity contribution in [1.29, 1.82) is 0 Å². The van der Waals surface area contributed by atoms with Crippen molar-refractivity contribution in [2.75, 3.05) is 32.7 Å². The van der Waals surface area contributed by atoms with Crippen molar-refractivity contribution in [1.82, 2.24) is 14.1 Å². The highest BCUT2D eigenvalue weighted by atomic mass is 32.2. The van der Waals surface area contributed by atoms with Crippen LogP contribution in [0.25, 0.3) is 0 Å². The number of amides is 1. The number of piperazine rings is 1. The Morgan fingerprint density at radius 1 is 1.04 bits per heavy atom. The molecule has 7 heteroatoms. The minimum Gasteiger partial charge on any atom is -0.336 e. The molecular weight excluding hydrogens is 374 g/mol. The summed E-state index contributed by atoms with van der Waals surface area (Å²) in [7, 11) is -3.49. The van der Waals surface area contributed by atoms with Crippen molar-refractivity contribution in [3.63, 3.8) is 0 Å². The number of hydrogen-bond acceptors (Lipinski definition) is 4. The van der Waals surface area contributed by atoms with Crippen LogP contribution in [0.15, 0.2) is 23.1 Å². The molecule has 2 fully saturated rings. The van der Waals surface area contributed by atoms with E-state index in [-0.39, 0.29) is 5.91 Å². The van der Waals surface area contributed by atoms with Gasteiger partial charge in [0.25, 0.3) is 0 Å². The topological polar surface area (TPSA) is 60.9 Å². The highest BCUT2D eigenvalue weighted by Crippen LogP contribution is 2.24. The fourth-order valence-corrected chi connectivity index (χ4v) is 6.17. The van der Waals surface area contributed by atoms with Crippen LogP contribution < -0.4 is 0 Å². The van der Waals surface area contributed by atoms with E-state index in [4.69, 9.17) is 0 Å². The molecule has 2 aliphatic rings. The average molecular weight is 408 g/mol. The molecule has 156 valence electrons. The van der Waals surface area contributed by atoms with Crippen LogP contribution in [-0.2, 0) is 14.8 Å². The molecule has 6 nitrogen and oxygen atoms in total. The van der Waals surface area contributed by atoms with E-state index < -0.39 is 10.0 Å². The summed E-state index contributed by atoms with van der Waals surface area (Å²) < 4.78 is 27.7. The predicted molar refractivity (Wildman–Crippen MR) is 111 cm³/mol. The Balaban J connectivity index is 1.61. The number of piperidine rings is 1. The highest BCUT2D eigenvalue weighted by molar-refractivity contribution is 7.89. The van der Waals surface area contributed by atoms with Gasteiger partial charge in [0.05, 0.1) is 11.4 Å². The van der Waals surface area contributed by atoms with Crippen molar-refractivity contribution >= 4 is 15.9 Å². The lowest BCUT2D eigenvalue weighted by molar-refractivity contribution is -0.138. The van der Waals surface area contributed by atoms with E-state index in [0.717, 1.165) is 24.0 Å². The smallest absolute Gasteiger partial charge is 0.243 e. The van der Waals surface area contributed by atoms with Crippen LogP contribution in [0.4, 0.5) is 0 Å². The second kappa shape index (κ2) is 8.51. The highest BCUT2D eigenvalue weighted by Gasteiger charge is 2.33. The summed E-state index contributed by atoms with van der Waals surface area (Å²) in [6.45, 7) is 10.4. The Bertz CT molecular complexity index is 806. The van der Waals surface area contributed by atoms with Crippen LogP contribution in [0.1, 0.15) is 44.2 Å². The Kier molecular flexibility index (Phi) is 6.47. The van der Waals surface area contributed by atoms with Gasteiger partial charge >= 0.3 is 0 Å². The van der Waals surface area contributed by atoms with E-state index >= 15 is 0 Å². The standard InChI is InChI=1S/C21H33N3O3S/c1-16-8-9-17(2)20(14-16)28(26,27)23-12-10-22(11-13-23)15-21(25)24-18(3)6-5-7-19(24)4/h8-9,14,18-19H,5-7,10-13,15H2,1-4H3/t18-,19-/m1/s1. The lowest BCUT2D eigenvalue weighted by Crippen LogP contribution is -2.54. The number of carbonyl (C=O) groups is 1. The minimum absolute atomic E-state index is 0.172. The third kappa shape index (κ3) is 4.42. The van der Waals surface area contributed by atoms with Crippen molar-refractivity contribution in [2.24, 2.45) is 0 Å². The number of hydrogen-bond donors (Lipinski definition) is 0. The summed E-state index contributed by atoms with van der Waals surface area (Å²) in [6.07, 6.45) is 3.32. The third-order valence-electron chi connectivity index (χ3n) is 6.13. The molecule has 0 unspecified atom stereocenters. The number of nitrogens with zero attached hydrogens (tertiary/aromatic N) is 3. The van der Waals surface area contributed by atoms with Crippen molar-refractivity contribution in [2.45, 2.75) is 63.9 Å². The summed E-state index contributed by atoms with van der Waals surface area (Å²) in [6, 6.07) is 6.13. The summed E-state index contributed by atoms with van der Waals surface area (Å²) in [5.41, 5.74) is 1.72. The second-order valence-corrected chi connectivity index (χ2v) is 10.3. The molecule has 0 aromatic heterocycles. The maximum atomic E-state index is 13.1. The fraction of sp³-hybridized carbons (Fsp3) is 0.667. The van der Waals surface area contributed by atoms with Gasteiger partial charge in [-0.2, -0.15) is 4.31 Å². The first-order valence-corrected chi connectivity index (χ1v) is 11.7. The molecular formula is C21H33N3O3S. The Morgan fingerprint density at radius 3 is 2.25 bits per heavy atom. The molecule has 0 saturated carbocycles. The van der Waals surface area contributed by atoms with Gasteiger partial charge in [-0.3, -0.25) is 9.69 Å². The van der Waals surface area contributed by atoms with Crippen LogP contribution in [0.5, 0.6) is 0 Å². The first-order valence-electron chi connectivity index (χ1n) is 10.3. The normalized spacial score (nSPS) is 25.1. The number of benzene rings is 1. The van der Waals surface area contributed by atoms with Gasteiger partial charge in [0, 0.05) is 38.3 Å². The van der Waals surface area contributed by atoms with Gasteiger partial charge in [0.2, 0.25) is 15.9 Å². The van der Waals surface area contributed by atoms with Gasteiger partial charge < -0.3 is 4.90 Å². The molecule has 2 heterocycles. The van der Waals surface area contributed by atoms with Gasteiger partial charge in [-0.15, -0.1) is 0 Å². The Hall–Kier alpha value is -1.44. The largest absolute Gasteiger partial charge is 0.336 e. The molecule has 1 aromatic rings. The number of rotatable bonds is 4. The second-order valence-electron chi connectivity index (χ2n) is 8.38. The van der Waals surface area contributed by atoms with Crippen LogP contribution >= 0.6 is 0 Å². The van der Waals surface area contributed by atoms with Crippen LogP contribution in [0.3, 0.4) is 0 Å².